The summed E-state index contributed by atoms with van der Waals surface area (Å²) >= 11 is 0. The molecule has 1 N–H and O–H groups in total. The summed E-state index contributed by atoms with van der Waals surface area (Å²) in [5, 5.41) is 8.92. The number of rotatable bonds is 4. The third-order valence-corrected chi connectivity index (χ3v) is 3.01. The number of carboxylic acids is 1. The van der Waals surface area contributed by atoms with Gasteiger partial charge in [-0.05, 0) is 38.8 Å². The minimum Gasteiger partial charge on any atom is -0.480 e. The average Bonchev–Trinajstić information content (AvgIpc) is 2.27. The fraction of sp³-hybridized carbons (Fsp3) is 0.467. The molecule has 104 valence electrons. The highest BCUT2D eigenvalue weighted by Gasteiger charge is 2.28. The molecular weight excluding hydrogens is 242 g/mol. The monoisotopic (exact) mass is 263 g/mol. The SMILES string of the molecule is Cc1ccccc1CC(=O)N(CC(=O)O)C(C)(C)C. The normalized spacial score (nSPS) is 11.2. The van der Waals surface area contributed by atoms with Crippen LogP contribution in [-0.4, -0.2) is 34.0 Å². The van der Waals surface area contributed by atoms with Crippen LogP contribution in [0.15, 0.2) is 24.3 Å². The molecule has 1 aromatic carbocycles. The summed E-state index contributed by atoms with van der Waals surface area (Å²) in [6.07, 6.45) is 0.233. The van der Waals surface area contributed by atoms with Crippen molar-refractivity contribution >= 4 is 11.9 Å². The largest absolute Gasteiger partial charge is 0.480 e. The van der Waals surface area contributed by atoms with Crippen molar-refractivity contribution in [2.24, 2.45) is 0 Å². The first-order chi connectivity index (χ1) is 8.71. The van der Waals surface area contributed by atoms with E-state index in [0.717, 1.165) is 11.1 Å². The van der Waals surface area contributed by atoms with Gasteiger partial charge in [0.1, 0.15) is 6.54 Å². The Labute approximate surface area is 114 Å². The van der Waals surface area contributed by atoms with Crippen LogP contribution in [0, 0.1) is 6.92 Å². The van der Waals surface area contributed by atoms with Crippen molar-refractivity contribution in [2.75, 3.05) is 6.54 Å². The number of hydrogen-bond acceptors (Lipinski definition) is 2. The average molecular weight is 263 g/mol. The number of nitrogens with zero attached hydrogens (tertiary/aromatic N) is 1. The zero-order valence-corrected chi connectivity index (χ0v) is 11.9. The van der Waals surface area contributed by atoms with Crippen molar-refractivity contribution in [2.45, 2.75) is 39.7 Å². The standard InChI is InChI=1S/C15H21NO3/c1-11-7-5-6-8-12(11)9-13(17)16(10-14(18)19)15(2,3)4/h5-8H,9-10H2,1-4H3,(H,18,19). The highest BCUT2D eigenvalue weighted by atomic mass is 16.4. The van der Waals surface area contributed by atoms with Gasteiger partial charge in [-0.15, -0.1) is 0 Å². The number of aliphatic carboxylic acids is 1. The lowest BCUT2D eigenvalue weighted by Crippen LogP contribution is -2.48. The molecule has 0 atom stereocenters. The van der Waals surface area contributed by atoms with Crippen molar-refractivity contribution in [1.29, 1.82) is 0 Å². The van der Waals surface area contributed by atoms with E-state index in [1.54, 1.807) is 0 Å². The Morgan fingerprint density at radius 1 is 1.21 bits per heavy atom. The molecule has 1 amide bonds. The van der Waals surface area contributed by atoms with E-state index >= 15 is 0 Å². The van der Waals surface area contributed by atoms with Crippen molar-refractivity contribution in [3.8, 4) is 0 Å². The molecule has 0 fully saturated rings. The summed E-state index contributed by atoms with van der Waals surface area (Å²) in [6, 6.07) is 7.65. The van der Waals surface area contributed by atoms with E-state index in [1.807, 2.05) is 52.0 Å². The van der Waals surface area contributed by atoms with Crippen LogP contribution < -0.4 is 0 Å². The molecular formula is C15H21NO3. The summed E-state index contributed by atoms with van der Waals surface area (Å²) < 4.78 is 0. The van der Waals surface area contributed by atoms with Gasteiger partial charge >= 0.3 is 5.97 Å². The summed E-state index contributed by atoms with van der Waals surface area (Å²) in [4.78, 5) is 24.6. The third kappa shape index (κ3) is 4.39. The molecule has 4 nitrogen and oxygen atoms in total. The van der Waals surface area contributed by atoms with Crippen LogP contribution in [0.25, 0.3) is 0 Å². The number of benzene rings is 1. The van der Waals surface area contributed by atoms with Crippen molar-refractivity contribution in [3.05, 3.63) is 35.4 Å². The Hall–Kier alpha value is -1.84. The zero-order valence-electron chi connectivity index (χ0n) is 11.9. The molecule has 0 aliphatic heterocycles. The molecule has 0 spiro atoms. The van der Waals surface area contributed by atoms with Crippen LogP contribution in [0.4, 0.5) is 0 Å². The summed E-state index contributed by atoms with van der Waals surface area (Å²) in [7, 11) is 0. The first kappa shape index (κ1) is 15.2. The summed E-state index contributed by atoms with van der Waals surface area (Å²) in [6.45, 7) is 7.19. The van der Waals surface area contributed by atoms with E-state index < -0.39 is 11.5 Å². The topological polar surface area (TPSA) is 57.6 Å². The lowest BCUT2D eigenvalue weighted by molar-refractivity contribution is -0.147. The van der Waals surface area contributed by atoms with Gasteiger partial charge < -0.3 is 10.0 Å². The second-order valence-electron chi connectivity index (χ2n) is 5.65. The van der Waals surface area contributed by atoms with Crippen LogP contribution in [-0.2, 0) is 16.0 Å². The number of carboxylic acid groups (broad SMARTS) is 1. The molecule has 0 radical (unpaired) electrons. The van der Waals surface area contributed by atoms with E-state index in [0.29, 0.717) is 0 Å². The maximum absolute atomic E-state index is 12.3. The first-order valence-electron chi connectivity index (χ1n) is 6.28. The molecule has 0 aliphatic carbocycles. The molecule has 0 bridgehead atoms. The molecule has 4 heteroatoms. The Kier molecular flexibility index (Phi) is 4.70. The highest BCUT2D eigenvalue weighted by Crippen LogP contribution is 2.16. The summed E-state index contributed by atoms with van der Waals surface area (Å²) in [5.74, 6) is -1.16. The van der Waals surface area contributed by atoms with Gasteiger partial charge in [0.05, 0.1) is 6.42 Å². The maximum Gasteiger partial charge on any atom is 0.323 e. The molecule has 0 heterocycles. The van der Waals surface area contributed by atoms with E-state index in [-0.39, 0.29) is 18.9 Å². The van der Waals surface area contributed by atoms with Gasteiger partial charge in [-0.2, -0.15) is 0 Å². The van der Waals surface area contributed by atoms with Gasteiger partial charge in [0.15, 0.2) is 0 Å². The Morgan fingerprint density at radius 3 is 2.26 bits per heavy atom. The van der Waals surface area contributed by atoms with Gasteiger partial charge in [-0.3, -0.25) is 9.59 Å². The molecule has 0 saturated heterocycles. The van der Waals surface area contributed by atoms with Gasteiger partial charge in [0.2, 0.25) is 5.91 Å². The van der Waals surface area contributed by atoms with Gasteiger partial charge in [0.25, 0.3) is 0 Å². The minimum absolute atomic E-state index is 0.163. The van der Waals surface area contributed by atoms with E-state index in [1.165, 1.54) is 4.90 Å². The molecule has 0 aliphatic rings. The fourth-order valence-electron chi connectivity index (χ4n) is 1.90. The second kappa shape index (κ2) is 5.87. The lowest BCUT2D eigenvalue weighted by Gasteiger charge is -2.34. The Balaban J connectivity index is 2.89. The molecule has 0 aromatic heterocycles. The number of aryl methyl sites for hydroxylation is 1. The predicted octanol–water partition coefficient (Wildman–Crippen LogP) is 2.25. The van der Waals surface area contributed by atoms with E-state index in [9.17, 15) is 9.59 Å². The smallest absolute Gasteiger partial charge is 0.323 e. The summed E-state index contributed by atoms with van der Waals surface area (Å²) in [5.41, 5.74) is 1.48. The van der Waals surface area contributed by atoms with Crippen LogP contribution in [0.5, 0.6) is 0 Å². The van der Waals surface area contributed by atoms with Crippen LogP contribution in [0.1, 0.15) is 31.9 Å². The first-order valence-corrected chi connectivity index (χ1v) is 6.28. The molecule has 19 heavy (non-hydrogen) atoms. The van der Waals surface area contributed by atoms with Crippen LogP contribution in [0.3, 0.4) is 0 Å². The van der Waals surface area contributed by atoms with Crippen LogP contribution in [0.2, 0.25) is 0 Å². The van der Waals surface area contributed by atoms with Crippen molar-refractivity contribution in [3.63, 3.8) is 0 Å². The lowest BCUT2D eigenvalue weighted by atomic mass is 10.0. The van der Waals surface area contributed by atoms with E-state index in [2.05, 4.69) is 0 Å². The Morgan fingerprint density at radius 2 is 1.79 bits per heavy atom. The van der Waals surface area contributed by atoms with E-state index in [4.69, 9.17) is 5.11 Å². The molecule has 0 saturated carbocycles. The molecule has 1 rings (SSSR count). The fourth-order valence-corrected chi connectivity index (χ4v) is 1.90. The van der Waals surface area contributed by atoms with Crippen molar-refractivity contribution in [1.82, 2.24) is 4.90 Å². The molecule has 0 unspecified atom stereocenters. The highest BCUT2D eigenvalue weighted by molar-refractivity contribution is 5.83. The second-order valence-corrected chi connectivity index (χ2v) is 5.65. The predicted molar refractivity (Wildman–Crippen MR) is 74.0 cm³/mol. The van der Waals surface area contributed by atoms with Crippen LogP contribution >= 0.6 is 0 Å². The minimum atomic E-state index is -0.993. The number of carbonyl (C=O) groups excluding carboxylic acids is 1. The third-order valence-electron chi connectivity index (χ3n) is 3.01. The maximum atomic E-state index is 12.3. The Bertz CT molecular complexity index is 475. The number of amides is 1. The van der Waals surface area contributed by atoms with Crippen molar-refractivity contribution < 1.29 is 14.7 Å². The zero-order chi connectivity index (χ0) is 14.6. The van der Waals surface area contributed by atoms with Gasteiger partial charge in [-0.1, -0.05) is 24.3 Å². The van der Waals surface area contributed by atoms with Gasteiger partial charge in [-0.25, -0.2) is 0 Å². The molecule has 1 aromatic rings. The number of hydrogen-bond donors (Lipinski definition) is 1. The quantitative estimate of drug-likeness (QED) is 0.906. The van der Waals surface area contributed by atoms with Gasteiger partial charge in [0, 0.05) is 5.54 Å². The number of carbonyl (C=O) groups is 2.